The quantitative estimate of drug-likeness (QED) is 0.414. The molecule has 0 aromatic carbocycles. The van der Waals surface area contributed by atoms with Crippen LogP contribution in [0.2, 0.25) is 0 Å². The maximum atomic E-state index is 11.0. The van der Waals surface area contributed by atoms with E-state index in [-0.39, 0.29) is 0 Å². The topological polar surface area (TPSA) is 125 Å². The Morgan fingerprint density at radius 2 is 1.94 bits per heavy atom. The maximum absolute atomic E-state index is 11.0. The number of ether oxygens (including phenoxy) is 2. The van der Waals surface area contributed by atoms with E-state index < -0.39 is 49.1 Å². The van der Waals surface area contributed by atoms with Crippen molar-refractivity contribution in [2.45, 2.75) is 44.5 Å². The summed E-state index contributed by atoms with van der Waals surface area (Å²) in [5.41, 5.74) is 0. The average molecular weight is 263 g/mol. The number of carbonyl (C=O) groups excluding carboxylic acids is 2. The Kier molecular flexibility index (Phi) is 5.03. The number of carbonyl (C=O) groups is 2. The van der Waals surface area contributed by atoms with Crippen LogP contribution in [0.3, 0.4) is 0 Å². The van der Waals surface area contributed by atoms with Crippen molar-refractivity contribution in [3.05, 3.63) is 0 Å². The summed E-state index contributed by atoms with van der Waals surface area (Å²) < 4.78 is 9.79. The van der Waals surface area contributed by atoms with Gasteiger partial charge < -0.3 is 30.1 Å². The number of nitrogens with one attached hydrogen (secondary N) is 1. The lowest BCUT2D eigenvalue weighted by Crippen LogP contribution is -2.65. The van der Waals surface area contributed by atoms with E-state index in [2.05, 4.69) is 5.32 Å². The van der Waals surface area contributed by atoms with Crippen LogP contribution in [-0.2, 0) is 19.1 Å². The summed E-state index contributed by atoms with van der Waals surface area (Å²) in [6, 6.07) is -1.09. The third kappa shape index (κ3) is 3.39. The molecular formula is C10H17NO7. The van der Waals surface area contributed by atoms with Crippen molar-refractivity contribution in [1.82, 2.24) is 5.32 Å². The highest BCUT2D eigenvalue weighted by Crippen LogP contribution is 2.22. The van der Waals surface area contributed by atoms with Crippen molar-refractivity contribution >= 4 is 11.9 Å². The minimum atomic E-state index is -1.49. The number of amides is 1. The van der Waals surface area contributed by atoms with Crippen LogP contribution in [0.5, 0.6) is 0 Å². The Hall–Kier alpha value is -1.22. The molecule has 0 aliphatic carbocycles. The number of hydrogen-bond acceptors (Lipinski definition) is 7. The molecule has 0 bridgehead atoms. The first-order chi connectivity index (χ1) is 8.36. The largest absolute Gasteiger partial charge is 0.457 e. The van der Waals surface area contributed by atoms with Gasteiger partial charge in [0.1, 0.15) is 18.2 Å². The lowest BCUT2D eigenvalue weighted by Gasteiger charge is -2.41. The molecule has 8 nitrogen and oxygen atoms in total. The first-order valence-electron chi connectivity index (χ1n) is 5.43. The van der Waals surface area contributed by atoms with Crippen LogP contribution >= 0.6 is 0 Å². The van der Waals surface area contributed by atoms with Crippen LogP contribution in [0.15, 0.2) is 0 Å². The second-order valence-electron chi connectivity index (χ2n) is 4.04. The standard InChI is InChI=1S/C10H17NO7/c1-4(13)11-7-9(17-5(2)14)8(15)6(3-12)18-10(7)16/h6-10,12,15-16H,3H2,1-2H3,(H,11,13)/t6-,7-,8-,9+,10+/m0/s1. The van der Waals surface area contributed by atoms with Gasteiger partial charge in [0.2, 0.25) is 5.91 Å². The number of aliphatic hydroxyl groups excluding tert-OH is 3. The van der Waals surface area contributed by atoms with Crippen LogP contribution in [0.25, 0.3) is 0 Å². The van der Waals surface area contributed by atoms with Crippen molar-refractivity contribution in [2.24, 2.45) is 0 Å². The fraction of sp³-hybridized carbons (Fsp3) is 0.800. The molecule has 0 spiro atoms. The molecule has 1 aliphatic rings. The summed E-state index contributed by atoms with van der Waals surface area (Å²) in [5.74, 6) is -1.16. The number of aliphatic hydroxyl groups is 3. The molecule has 0 radical (unpaired) electrons. The molecule has 5 atom stereocenters. The minimum Gasteiger partial charge on any atom is -0.457 e. The molecule has 1 aliphatic heterocycles. The zero-order valence-electron chi connectivity index (χ0n) is 10.1. The van der Waals surface area contributed by atoms with Gasteiger partial charge in [0.15, 0.2) is 12.4 Å². The Balaban J connectivity index is 2.89. The minimum absolute atomic E-state index is 0.477. The first-order valence-corrected chi connectivity index (χ1v) is 5.43. The number of rotatable bonds is 3. The molecule has 1 saturated heterocycles. The van der Waals surface area contributed by atoms with E-state index in [0.29, 0.717) is 0 Å². The van der Waals surface area contributed by atoms with Gasteiger partial charge in [-0.2, -0.15) is 0 Å². The molecule has 18 heavy (non-hydrogen) atoms. The fourth-order valence-electron chi connectivity index (χ4n) is 1.80. The van der Waals surface area contributed by atoms with Crippen LogP contribution in [-0.4, -0.2) is 64.4 Å². The fourth-order valence-corrected chi connectivity index (χ4v) is 1.80. The Morgan fingerprint density at radius 3 is 2.39 bits per heavy atom. The zero-order chi connectivity index (χ0) is 13.9. The van der Waals surface area contributed by atoms with Crippen LogP contribution in [0.4, 0.5) is 0 Å². The molecule has 104 valence electrons. The van der Waals surface area contributed by atoms with Crippen molar-refractivity contribution in [3.63, 3.8) is 0 Å². The van der Waals surface area contributed by atoms with E-state index in [1.165, 1.54) is 6.92 Å². The molecule has 1 amide bonds. The van der Waals surface area contributed by atoms with Gasteiger partial charge in [-0.25, -0.2) is 0 Å². The van der Waals surface area contributed by atoms with Gasteiger partial charge in [-0.05, 0) is 0 Å². The van der Waals surface area contributed by atoms with Gasteiger partial charge in [0, 0.05) is 13.8 Å². The van der Waals surface area contributed by atoms with Crippen LogP contribution < -0.4 is 5.32 Å². The van der Waals surface area contributed by atoms with E-state index in [0.717, 1.165) is 6.92 Å². The summed E-state index contributed by atoms with van der Waals surface area (Å²) in [7, 11) is 0. The van der Waals surface area contributed by atoms with Crippen molar-refractivity contribution < 1.29 is 34.4 Å². The third-order valence-electron chi connectivity index (χ3n) is 2.54. The van der Waals surface area contributed by atoms with Crippen molar-refractivity contribution in [3.8, 4) is 0 Å². The second-order valence-corrected chi connectivity index (χ2v) is 4.04. The SMILES string of the molecule is CC(=O)N[C@H]1[C@@H](OC(C)=O)[C@@H](O)[C@H](CO)O[C@H]1O. The molecule has 0 aromatic heterocycles. The lowest BCUT2D eigenvalue weighted by atomic mass is 9.96. The smallest absolute Gasteiger partial charge is 0.303 e. The monoisotopic (exact) mass is 263 g/mol. The van der Waals surface area contributed by atoms with Crippen molar-refractivity contribution in [2.75, 3.05) is 6.61 Å². The van der Waals surface area contributed by atoms with Crippen LogP contribution in [0, 0.1) is 0 Å². The predicted octanol–water partition coefficient (Wildman–Crippen LogP) is -2.51. The van der Waals surface area contributed by atoms with Crippen LogP contribution in [0.1, 0.15) is 13.8 Å². The first kappa shape index (κ1) is 14.8. The Bertz CT molecular complexity index is 321. The summed E-state index contributed by atoms with van der Waals surface area (Å²) in [6.07, 6.45) is -5.11. The van der Waals surface area contributed by atoms with E-state index in [1.54, 1.807) is 0 Å². The van der Waals surface area contributed by atoms with Gasteiger partial charge in [0.05, 0.1) is 6.61 Å². The molecule has 0 aromatic rings. The van der Waals surface area contributed by atoms with Gasteiger partial charge >= 0.3 is 5.97 Å². The molecule has 1 rings (SSSR count). The Morgan fingerprint density at radius 1 is 1.33 bits per heavy atom. The molecule has 1 heterocycles. The predicted molar refractivity (Wildman–Crippen MR) is 57.1 cm³/mol. The molecule has 4 N–H and O–H groups in total. The summed E-state index contributed by atoms with van der Waals surface area (Å²) >= 11 is 0. The highest BCUT2D eigenvalue weighted by Gasteiger charge is 2.46. The third-order valence-corrected chi connectivity index (χ3v) is 2.54. The van der Waals surface area contributed by atoms with Gasteiger partial charge in [-0.3, -0.25) is 9.59 Å². The summed E-state index contributed by atoms with van der Waals surface area (Å²) in [5, 5.41) is 30.8. The Labute approximate surface area is 104 Å². The highest BCUT2D eigenvalue weighted by molar-refractivity contribution is 5.73. The second kappa shape index (κ2) is 6.10. The van der Waals surface area contributed by atoms with Gasteiger partial charge in [0.25, 0.3) is 0 Å². The van der Waals surface area contributed by atoms with Gasteiger partial charge in [-0.15, -0.1) is 0 Å². The molecule has 8 heteroatoms. The molecule has 1 fully saturated rings. The molecular weight excluding hydrogens is 246 g/mol. The average Bonchev–Trinajstić information content (AvgIpc) is 2.27. The summed E-state index contributed by atoms with van der Waals surface area (Å²) in [6.45, 7) is 1.79. The highest BCUT2D eigenvalue weighted by atomic mass is 16.6. The lowest BCUT2D eigenvalue weighted by molar-refractivity contribution is -0.258. The summed E-state index contributed by atoms with van der Waals surface area (Å²) in [4.78, 5) is 22.0. The normalized spacial score (nSPS) is 35.9. The number of hydrogen-bond donors (Lipinski definition) is 4. The molecule has 0 unspecified atom stereocenters. The number of esters is 1. The van der Waals surface area contributed by atoms with E-state index >= 15 is 0 Å². The van der Waals surface area contributed by atoms with E-state index in [9.17, 15) is 19.8 Å². The van der Waals surface area contributed by atoms with E-state index in [4.69, 9.17) is 14.6 Å². The maximum Gasteiger partial charge on any atom is 0.303 e. The van der Waals surface area contributed by atoms with E-state index in [1.807, 2.05) is 0 Å². The van der Waals surface area contributed by atoms with Gasteiger partial charge in [-0.1, -0.05) is 0 Å². The van der Waals surface area contributed by atoms with Crippen molar-refractivity contribution in [1.29, 1.82) is 0 Å². The zero-order valence-corrected chi connectivity index (χ0v) is 10.1. The molecule has 0 saturated carbocycles.